The van der Waals surface area contributed by atoms with Gasteiger partial charge in [0, 0.05) is 28.8 Å². The van der Waals surface area contributed by atoms with Crippen LogP contribution in [0.3, 0.4) is 0 Å². The SMILES string of the molecule is CC1(C)C=Cc2cc3c4c(oc3cc2N1)-c1ccc(O)cc1OC4. The van der Waals surface area contributed by atoms with Crippen LogP contribution in [0, 0.1) is 0 Å². The van der Waals surface area contributed by atoms with Crippen LogP contribution >= 0.6 is 0 Å². The Morgan fingerprint density at radius 2 is 2.04 bits per heavy atom. The molecule has 0 amide bonds. The first-order chi connectivity index (χ1) is 11.5. The third-order valence-corrected chi connectivity index (χ3v) is 4.68. The Morgan fingerprint density at radius 3 is 2.92 bits per heavy atom. The van der Waals surface area contributed by atoms with Gasteiger partial charge in [0.15, 0.2) is 0 Å². The number of anilines is 1. The van der Waals surface area contributed by atoms with E-state index in [0.29, 0.717) is 12.4 Å². The number of hydrogen-bond acceptors (Lipinski definition) is 4. The number of benzene rings is 2. The molecule has 0 saturated heterocycles. The van der Waals surface area contributed by atoms with E-state index in [1.54, 1.807) is 12.1 Å². The lowest BCUT2D eigenvalue weighted by Crippen LogP contribution is -2.30. The van der Waals surface area contributed by atoms with Crippen LogP contribution in [-0.4, -0.2) is 10.6 Å². The van der Waals surface area contributed by atoms with Gasteiger partial charge >= 0.3 is 0 Å². The Balaban J connectivity index is 1.74. The van der Waals surface area contributed by atoms with Crippen molar-refractivity contribution < 1.29 is 14.3 Å². The number of nitrogens with one attached hydrogen (secondary N) is 1. The number of hydrogen-bond donors (Lipinski definition) is 2. The highest BCUT2D eigenvalue weighted by Gasteiger charge is 2.26. The molecule has 4 heteroatoms. The van der Waals surface area contributed by atoms with Crippen LogP contribution in [0.4, 0.5) is 5.69 Å². The summed E-state index contributed by atoms with van der Waals surface area (Å²) in [4.78, 5) is 0. The molecule has 2 aliphatic heterocycles. The lowest BCUT2D eigenvalue weighted by Gasteiger charge is -2.28. The normalized spacial score (nSPS) is 16.8. The molecular weight excluding hydrogens is 302 g/mol. The molecule has 0 fully saturated rings. The van der Waals surface area contributed by atoms with Crippen LogP contribution in [0.25, 0.3) is 28.4 Å². The Morgan fingerprint density at radius 1 is 1.17 bits per heavy atom. The third-order valence-electron chi connectivity index (χ3n) is 4.68. The molecule has 4 nitrogen and oxygen atoms in total. The van der Waals surface area contributed by atoms with Crippen molar-refractivity contribution in [1.29, 1.82) is 0 Å². The lowest BCUT2D eigenvalue weighted by molar-refractivity contribution is 0.298. The van der Waals surface area contributed by atoms with Crippen molar-refractivity contribution in [3.63, 3.8) is 0 Å². The number of phenols is 1. The molecule has 0 bridgehead atoms. The molecule has 0 aliphatic carbocycles. The molecule has 2 aromatic carbocycles. The zero-order valence-electron chi connectivity index (χ0n) is 13.5. The fourth-order valence-electron chi connectivity index (χ4n) is 3.47. The minimum atomic E-state index is -0.0693. The van der Waals surface area contributed by atoms with Crippen molar-refractivity contribution in [2.45, 2.75) is 26.0 Å². The van der Waals surface area contributed by atoms with Crippen LogP contribution in [0.2, 0.25) is 0 Å². The van der Waals surface area contributed by atoms with Crippen molar-refractivity contribution in [3.05, 3.63) is 47.5 Å². The maximum atomic E-state index is 9.64. The van der Waals surface area contributed by atoms with Crippen LogP contribution in [0.1, 0.15) is 25.0 Å². The maximum absolute atomic E-state index is 9.64. The van der Waals surface area contributed by atoms with E-state index >= 15 is 0 Å². The molecule has 3 aromatic rings. The van der Waals surface area contributed by atoms with Crippen molar-refractivity contribution in [3.8, 4) is 22.8 Å². The maximum Gasteiger partial charge on any atom is 0.145 e. The molecule has 5 rings (SSSR count). The van der Waals surface area contributed by atoms with Gasteiger partial charge in [-0.1, -0.05) is 12.2 Å². The van der Waals surface area contributed by atoms with Gasteiger partial charge in [-0.25, -0.2) is 0 Å². The molecule has 3 heterocycles. The minimum absolute atomic E-state index is 0.0693. The number of rotatable bonds is 0. The van der Waals surface area contributed by atoms with Crippen molar-refractivity contribution in [1.82, 2.24) is 0 Å². The number of phenolic OH excluding ortho intramolecular Hbond substituents is 1. The van der Waals surface area contributed by atoms with Gasteiger partial charge in [0.2, 0.25) is 0 Å². The standard InChI is InChI=1S/C20H17NO3/c1-20(2)6-5-11-7-14-15-10-23-17-8-12(22)3-4-13(17)19(15)24-18(14)9-16(11)21-20/h3-9,21-22H,10H2,1-2H3. The summed E-state index contributed by atoms with van der Waals surface area (Å²) in [6.45, 7) is 4.72. The van der Waals surface area contributed by atoms with E-state index < -0.39 is 0 Å². The van der Waals surface area contributed by atoms with Crippen molar-refractivity contribution in [2.24, 2.45) is 0 Å². The smallest absolute Gasteiger partial charge is 0.145 e. The molecule has 2 N–H and O–H groups in total. The Labute approximate surface area is 139 Å². The fourth-order valence-corrected chi connectivity index (χ4v) is 3.47. The van der Waals surface area contributed by atoms with Crippen LogP contribution in [-0.2, 0) is 6.61 Å². The second kappa shape index (κ2) is 4.35. The van der Waals surface area contributed by atoms with E-state index in [4.69, 9.17) is 9.15 Å². The highest BCUT2D eigenvalue weighted by Crippen LogP contribution is 2.45. The molecule has 2 aliphatic rings. The molecule has 0 spiro atoms. The molecular formula is C20H17NO3. The van der Waals surface area contributed by atoms with E-state index in [2.05, 4.69) is 43.4 Å². The fraction of sp³-hybridized carbons (Fsp3) is 0.200. The Hall–Kier alpha value is -2.88. The highest BCUT2D eigenvalue weighted by molar-refractivity contribution is 5.95. The molecule has 0 atom stereocenters. The van der Waals surface area contributed by atoms with Gasteiger partial charge in [-0.2, -0.15) is 0 Å². The largest absolute Gasteiger partial charge is 0.508 e. The molecule has 120 valence electrons. The molecule has 24 heavy (non-hydrogen) atoms. The third kappa shape index (κ3) is 1.86. The van der Waals surface area contributed by atoms with Gasteiger partial charge in [-0.05, 0) is 37.6 Å². The monoisotopic (exact) mass is 319 g/mol. The number of aromatic hydroxyl groups is 1. The van der Waals surface area contributed by atoms with Gasteiger partial charge < -0.3 is 19.6 Å². The second-order valence-electron chi connectivity index (χ2n) is 6.99. The van der Waals surface area contributed by atoms with E-state index in [1.165, 1.54) is 0 Å². The summed E-state index contributed by atoms with van der Waals surface area (Å²) in [5.41, 5.74) is 4.95. The van der Waals surface area contributed by atoms with E-state index in [0.717, 1.165) is 39.1 Å². The van der Waals surface area contributed by atoms with Crippen molar-refractivity contribution >= 4 is 22.7 Å². The Kier molecular flexibility index (Phi) is 2.46. The summed E-state index contributed by atoms with van der Waals surface area (Å²) in [7, 11) is 0. The number of furan rings is 1. The summed E-state index contributed by atoms with van der Waals surface area (Å²) in [6, 6.07) is 9.34. The minimum Gasteiger partial charge on any atom is -0.508 e. The van der Waals surface area contributed by atoms with Gasteiger partial charge in [-0.15, -0.1) is 0 Å². The van der Waals surface area contributed by atoms with Crippen molar-refractivity contribution in [2.75, 3.05) is 5.32 Å². The van der Waals surface area contributed by atoms with Gasteiger partial charge in [0.05, 0.1) is 11.1 Å². The van der Waals surface area contributed by atoms with Crippen LogP contribution in [0.5, 0.6) is 11.5 Å². The highest BCUT2D eigenvalue weighted by atomic mass is 16.5. The van der Waals surface area contributed by atoms with Crippen LogP contribution in [0.15, 0.2) is 40.8 Å². The summed E-state index contributed by atoms with van der Waals surface area (Å²) >= 11 is 0. The quantitative estimate of drug-likeness (QED) is 0.618. The first kappa shape index (κ1) is 13.5. The predicted molar refractivity (Wildman–Crippen MR) is 94.4 cm³/mol. The van der Waals surface area contributed by atoms with Gasteiger partial charge in [0.25, 0.3) is 0 Å². The van der Waals surface area contributed by atoms with Gasteiger partial charge in [-0.3, -0.25) is 0 Å². The average Bonchev–Trinajstić information content (AvgIpc) is 2.89. The first-order valence-electron chi connectivity index (χ1n) is 8.03. The van der Waals surface area contributed by atoms with E-state index in [-0.39, 0.29) is 11.3 Å². The molecule has 0 saturated carbocycles. The summed E-state index contributed by atoms with van der Waals surface area (Å²) in [6.07, 6.45) is 4.32. The molecule has 1 aromatic heterocycles. The van der Waals surface area contributed by atoms with E-state index in [1.807, 2.05) is 6.07 Å². The zero-order valence-corrected chi connectivity index (χ0v) is 13.5. The number of ether oxygens (including phenoxy) is 1. The summed E-state index contributed by atoms with van der Waals surface area (Å²) in [5, 5.41) is 14.2. The topological polar surface area (TPSA) is 54.6 Å². The van der Waals surface area contributed by atoms with Crippen LogP contribution < -0.4 is 10.1 Å². The zero-order chi connectivity index (χ0) is 16.5. The summed E-state index contributed by atoms with van der Waals surface area (Å²) in [5.74, 6) is 1.68. The second-order valence-corrected chi connectivity index (χ2v) is 6.99. The molecule has 0 unspecified atom stereocenters. The summed E-state index contributed by atoms with van der Waals surface area (Å²) < 4.78 is 12.0. The van der Waals surface area contributed by atoms with Gasteiger partial charge in [0.1, 0.15) is 29.4 Å². The average molecular weight is 319 g/mol. The first-order valence-corrected chi connectivity index (χ1v) is 8.03. The van der Waals surface area contributed by atoms with E-state index in [9.17, 15) is 5.11 Å². The lowest BCUT2D eigenvalue weighted by atomic mass is 9.95. The predicted octanol–water partition coefficient (Wildman–Crippen LogP) is 4.92. The Bertz CT molecular complexity index is 1030. The molecule has 0 radical (unpaired) electrons. The number of fused-ring (bicyclic) bond motifs is 6.